The number of carbonyl (C=O) groups is 1. The SMILES string of the molecule is CC(CC(=O)OC(C)(C)C)CC1CCN(c2nccc(Nc3cc(C4CCCC4)[nH]n3)n2)C1. The fraction of sp³-hybridized carbons (Fsp3) is 0.680. The van der Waals surface area contributed by atoms with E-state index < -0.39 is 5.60 Å². The normalized spacial score (nSPS) is 20.2. The Hall–Kier alpha value is -2.64. The molecule has 1 saturated heterocycles. The Kier molecular flexibility index (Phi) is 7.20. The van der Waals surface area contributed by atoms with Crippen molar-refractivity contribution in [1.29, 1.82) is 0 Å². The standard InChI is InChI=1S/C25H38N6O2/c1-17(14-23(32)33-25(2,3)4)13-18-10-12-31(16-18)24-26-11-9-21(28-24)27-22-15-20(29-30-22)19-7-5-6-8-19/h9,11,15,17-19H,5-8,10,12-14,16H2,1-4H3,(H2,26,27,28,29,30). The van der Waals surface area contributed by atoms with Crippen LogP contribution in [0.25, 0.3) is 0 Å². The Bertz CT molecular complexity index is 931. The molecule has 0 radical (unpaired) electrons. The van der Waals surface area contributed by atoms with Gasteiger partial charge >= 0.3 is 5.97 Å². The molecule has 0 aromatic carbocycles. The summed E-state index contributed by atoms with van der Waals surface area (Å²) >= 11 is 0. The van der Waals surface area contributed by atoms with Crippen LogP contribution in [0.4, 0.5) is 17.6 Å². The highest BCUT2D eigenvalue weighted by Gasteiger charge is 2.27. The largest absolute Gasteiger partial charge is 0.460 e. The Balaban J connectivity index is 1.29. The van der Waals surface area contributed by atoms with E-state index in [-0.39, 0.29) is 5.97 Å². The molecule has 2 atom stereocenters. The van der Waals surface area contributed by atoms with E-state index in [2.05, 4.69) is 38.4 Å². The summed E-state index contributed by atoms with van der Waals surface area (Å²) in [6, 6.07) is 3.99. The third-order valence-electron chi connectivity index (χ3n) is 6.53. The molecular weight excluding hydrogens is 416 g/mol. The maximum atomic E-state index is 12.1. The van der Waals surface area contributed by atoms with E-state index in [1.54, 1.807) is 6.20 Å². The topological polar surface area (TPSA) is 96.0 Å². The number of hydrogen-bond acceptors (Lipinski definition) is 7. The zero-order chi connectivity index (χ0) is 23.4. The lowest BCUT2D eigenvalue weighted by Crippen LogP contribution is -2.26. The van der Waals surface area contributed by atoms with Crippen molar-refractivity contribution in [3.63, 3.8) is 0 Å². The van der Waals surface area contributed by atoms with Gasteiger partial charge in [-0.2, -0.15) is 10.1 Å². The van der Waals surface area contributed by atoms with E-state index in [0.717, 1.165) is 43.5 Å². The zero-order valence-corrected chi connectivity index (χ0v) is 20.4. The lowest BCUT2D eigenvalue weighted by Gasteiger charge is -2.22. The van der Waals surface area contributed by atoms with Gasteiger partial charge in [0.15, 0.2) is 5.82 Å². The molecule has 180 valence electrons. The molecule has 1 aliphatic carbocycles. The first-order valence-corrected chi connectivity index (χ1v) is 12.4. The van der Waals surface area contributed by atoms with Gasteiger partial charge < -0.3 is 15.0 Å². The Labute approximate surface area is 196 Å². The minimum absolute atomic E-state index is 0.110. The van der Waals surface area contributed by atoms with Gasteiger partial charge in [0, 0.05) is 43.4 Å². The van der Waals surface area contributed by atoms with Gasteiger partial charge in [0.1, 0.15) is 11.4 Å². The zero-order valence-electron chi connectivity index (χ0n) is 20.4. The summed E-state index contributed by atoms with van der Waals surface area (Å²) in [5, 5.41) is 10.9. The summed E-state index contributed by atoms with van der Waals surface area (Å²) < 4.78 is 5.47. The summed E-state index contributed by atoms with van der Waals surface area (Å²) in [5.41, 5.74) is 0.790. The molecule has 1 aliphatic heterocycles. The second-order valence-electron chi connectivity index (χ2n) is 10.8. The summed E-state index contributed by atoms with van der Waals surface area (Å²) in [7, 11) is 0. The molecular formula is C25H38N6O2. The monoisotopic (exact) mass is 454 g/mol. The van der Waals surface area contributed by atoms with Crippen LogP contribution in [-0.2, 0) is 9.53 Å². The van der Waals surface area contributed by atoms with E-state index in [9.17, 15) is 4.79 Å². The molecule has 1 saturated carbocycles. The number of ether oxygens (including phenoxy) is 1. The Morgan fingerprint density at radius 2 is 2.06 bits per heavy atom. The molecule has 2 aromatic rings. The van der Waals surface area contributed by atoms with Crippen LogP contribution in [0.5, 0.6) is 0 Å². The van der Waals surface area contributed by atoms with Crippen molar-refractivity contribution in [3.8, 4) is 0 Å². The van der Waals surface area contributed by atoms with Crippen molar-refractivity contribution in [2.45, 2.75) is 84.2 Å². The van der Waals surface area contributed by atoms with E-state index >= 15 is 0 Å². The predicted octanol–water partition coefficient (Wildman–Crippen LogP) is 5.19. The molecule has 2 N–H and O–H groups in total. The minimum atomic E-state index is -0.425. The highest BCUT2D eigenvalue weighted by atomic mass is 16.6. The number of anilines is 3. The fourth-order valence-corrected chi connectivity index (χ4v) is 5.07. The van der Waals surface area contributed by atoms with Crippen LogP contribution in [0.15, 0.2) is 18.3 Å². The number of aromatic nitrogens is 4. The van der Waals surface area contributed by atoms with Crippen molar-refractivity contribution in [1.82, 2.24) is 20.2 Å². The molecule has 8 heteroatoms. The predicted molar refractivity (Wildman–Crippen MR) is 130 cm³/mol. The van der Waals surface area contributed by atoms with Crippen molar-refractivity contribution in [3.05, 3.63) is 24.0 Å². The van der Waals surface area contributed by atoms with Crippen LogP contribution < -0.4 is 10.2 Å². The maximum Gasteiger partial charge on any atom is 0.306 e. The van der Waals surface area contributed by atoms with Gasteiger partial charge in [-0.15, -0.1) is 0 Å². The minimum Gasteiger partial charge on any atom is -0.460 e. The van der Waals surface area contributed by atoms with Crippen LogP contribution in [0.1, 0.15) is 84.3 Å². The van der Waals surface area contributed by atoms with Crippen LogP contribution in [0, 0.1) is 11.8 Å². The van der Waals surface area contributed by atoms with Crippen molar-refractivity contribution >= 4 is 23.6 Å². The van der Waals surface area contributed by atoms with E-state index in [1.807, 2.05) is 26.8 Å². The van der Waals surface area contributed by atoms with Gasteiger partial charge in [0.2, 0.25) is 5.95 Å². The molecule has 2 unspecified atom stereocenters. The van der Waals surface area contributed by atoms with Crippen LogP contribution in [0.3, 0.4) is 0 Å². The van der Waals surface area contributed by atoms with Gasteiger partial charge in [-0.3, -0.25) is 9.89 Å². The number of carbonyl (C=O) groups excluding carboxylic acids is 1. The number of hydrogen-bond donors (Lipinski definition) is 2. The third kappa shape index (κ3) is 6.68. The van der Waals surface area contributed by atoms with Crippen molar-refractivity contribution < 1.29 is 9.53 Å². The van der Waals surface area contributed by atoms with Gasteiger partial charge in [-0.1, -0.05) is 19.8 Å². The lowest BCUT2D eigenvalue weighted by atomic mass is 9.93. The van der Waals surface area contributed by atoms with Crippen LogP contribution in [0.2, 0.25) is 0 Å². The average molecular weight is 455 g/mol. The van der Waals surface area contributed by atoms with E-state index in [0.29, 0.717) is 24.2 Å². The van der Waals surface area contributed by atoms with Crippen molar-refractivity contribution in [2.24, 2.45) is 11.8 Å². The lowest BCUT2D eigenvalue weighted by molar-refractivity contribution is -0.155. The summed E-state index contributed by atoms with van der Waals surface area (Å²) in [6.45, 7) is 9.71. The van der Waals surface area contributed by atoms with Crippen LogP contribution in [-0.4, -0.2) is 44.8 Å². The van der Waals surface area contributed by atoms with Gasteiger partial charge in [0.05, 0.1) is 0 Å². The third-order valence-corrected chi connectivity index (χ3v) is 6.53. The smallest absolute Gasteiger partial charge is 0.306 e. The Morgan fingerprint density at radius 3 is 2.82 bits per heavy atom. The quantitative estimate of drug-likeness (QED) is 0.530. The summed E-state index contributed by atoms with van der Waals surface area (Å²) in [6.07, 6.45) is 9.45. The second kappa shape index (κ2) is 10.1. The van der Waals surface area contributed by atoms with Crippen molar-refractivity contribution in [2.75, 3.05) is 23.3 Å². The summed E-state index contributed by atoms with van der Waals surface area (Å²) in [4.78, 5) is 23.6. The summed E-state index contributed by atoms with van der Waals surface area (Å²) in [5.74, 6) is 3.63. The number of H-pyrrole nitrogens is 1. The van der Waals surface area contributed by atoms with Gasteiger partial charge in [-0.05, 0) is 64.4 Å². The number of rotatable bonds is 8. The molecule has 0 amide bonds. The average Bonchev–Trinajstić information content (AvgIpc) is 3.48. The Morgan fingerprint density at radius 1 is 1.27 bits per heavy atom. The van der Waals surface area contributed by atoms with Gasteiger partial charge in [0.25, 0.3) is 0 Å². The van der Waals surface area contributed by atoms with Crippen LogP contribution >= 0.6 is 0 Å². The van der Waals surface area contributed by atoms with E-state index in [1.165, 1.54) is 31.4 Å². The molecule has 2 fully saturated rings. The molecule has 0 spiro atoms. The molecule has 8 nitrogen and oxygen atoms in total. The molecule has 0 bridgehead atoms. The maximum absolute atomic E-state index is 12.1. The number of esters is 1. The highest BCUT2D eigenvalue weighted by Crippen LogP contribution is 2.34. The molecule has 2 aromatic heterocycles. The second-order valence-corrected chi connectivity index (χ2v) is 10.8. The molecule has 33 heavy (non-hydrogen) atoms. The fourth-order valence-electron chi connectivity index (χ4n) is 5.07. The van der Waals surface area contributed by atoms with Gasteiger partial charge in [-0.25, -0.2) is 4.98 Å². The molecule has 2 aliphatic rings. The number of nitrogens with one attached hydrogen (secondary N) is 2. The highest BCUT2D eigenvalue weighted by molar-refractivity contribution is 5.70. The molecule has 4 rings (SSSR count). The number of nitrogens with zero attached hydrogens (tertiary/aromatic N) is 4. The first-order valence-electron chi connectivity index (χ1n) is 12.4. The van der Waals surface area contributed by atoms with E-state index in [4.69, 9.17) is 9.72 Å². The number of aromatic amines is 1. The first kappa shape index (κ1) is 23.5. The first-order chi connectivity index (χ1) is 15.7. The molecule has 3 heterocycles.